The lowest BCUT2D eigenvalue weighted by atomic mass is 10.0. The van der Waals surface area contributed by atoms with Gasteiger partial charge in [-0.25, -0.2) is 0 Å². The van der Waals surface area contributed by atoms with Crippen LogP contribution in [0, 0.1) is 5.92 Å². The highest BCUT2D eigenvalue weighted by Gasteiger charge is 2.37. The topological polar surface area (TPSA) is 59.0 Å². The van der Waals surface area contributed by atoms with E-state index in [0.717, 1.165) is 26.0 Å². The summed E-state index contributed by atoms with van der Waals surface area (Å²) in [4.78, 5) is 13.1. The number of carboxylic acid groups (broad SMARTS) is 1. The molecule has 0 bridgehead atoms. The Labute approximate surface area is 95.3 Å². The smallest absolute Gasteiger partial charge is 0.310 e. The largest absolute Gasteiger partial charge is 0.481 e. The number of carbonyl (C=O) groups is 1. The van der Waals surface area contributed by atoms with Gasteiger partial charge >= 0.3 is 5.97 Å². The van der Waals surface area contributed by atoms with Crippen molar-refractivity contribution in [2.24, 2.45) is 5.92 Å². The summed E-state index contributed by atoms with van der Waals surface area (Å²) in [5, 5.41) is 9.06. The summed E-state index contributed by atoms with van der Waals surface area (Å²) in [6.07, 6.45) is 2.46. The highest BCUT2D eigenvalue weighted by Crippen LogP contribution is 2.21. The predicted molar refractivity (Wildman–Crippen MR) is 57.3 cm³/mol. The summed E-state index contributed by atoms with van der Waals surface area (Å²) in [6, 6.07) is -0.0123. The molecule has 2 heterocycles. The molecule has 0 radical (unpaired) electrons. The van der Waals surface area contributed by atoms with Crippen LogP contribution in [-0.2, 0) is 14.3 Å². The lowest BCUT2D eigenvalue weighted by Crippen LogP contribution is -2.44. The van der Waals surface area contributed by atoms with E-state index in [2.05, 4.69) is 4.90 Å². The van der Waals surface area contributed by atoms with Crippen LogP contribution in [0.15, 0.2) is 0 Å². The van der Waals surface area contributed by atoms with Crippen LogP contribution in [0.25, 0.3) is 0 Å². The average molecular weight is 229 g/mol. The van der Waals surface area contributed by atoms with Crippen molar-refractivity contribution in [3.05, 3.63) is 0 Å². The van der Waals surface area contributed by atoms with Gasteiger partial charge in [0.05, 0.1) is 25.2 Å². The van der Waals surface area contributed by atoms with Gasteiger partial charge in [0.25, 0.3) is 0 Å². The molecule has 0 amide bonds. The molecule has 3 unspecified atom stereocenters. The molecule has 16 heavy (non-hydrogen) atoms. The molecular formula is C11H19NO4. The van der Waals surface area contributed by atoms with Crippen LogP contribution in [0.5, 0.6) is 0 Å². The molecule has 2 aliphatic rings. The van der Waals surface area contributed by atoms with Crippen molar-refractivity contribution in [2.45, 2.75) is 25.0 Å². The quantitative estimate of drug-likeness (QED) is 0.746. The van der Waals surface area contributed by atoms with Gasteiger partial charge in [-0.15, -0.1) is 0 Å². The number of hydrogen-bond acceptors (Lipinski definition) is 4. The molecule has 0 spiro atoms. The fraction of sp³-hybridized carbons (Fsp3) is 0.909. The van der Waals surface area contributed by atoms with E-state index < -0.39 is 11.9 Å². The summed E-state index contributed by atoms with van der Waals surface area (Å²) >= 11 is 0. The second kappa shape index (κ2) is 5.12. The minimum atomic E-state index is -0.762. The van der Waals surface area contributed by atoms with Crippen LogP contribution in [-0.4, -0.2) is 61.5 Å². The molecule has 5 nitrogen and oxygen atoms in total. The summed E-state index contributed by atoms with van der Waals surface area (Å²) in [6.45, 7) is 2.48. The standard InChI is InChI=1S/C11H19NO4/c1-12(5-8-3-2-4-16-8)10-7-15-6-9(10)11(13)14/h8-10H,2-7H2,1H3,(H,13,14). The van der Waals surface area contributed by atoms with E-state index in [0.29, 0.717) is 13.2 Å². The van der Waals surface area contributed by atoms with Crippen LogP contribution in [0.1, 0.15) is 12.8 Å². The molecule has 0 aromatic carbocycles. The molecule has 2 aliphatic heterocycles. The summed E-state index contributed by atoms with van der Waals surface area (Å²) in [5.41, 5.74) is 0. The fourth-order valence-corrected chi connectivity index (χ4v) is 2.46. The Balaban J connectivity index is 1.87. The maximum atomic E-state index is 11.0. The van der Waals surface area contributed by atoms with Gasteiger partial charge in [0.15, 0.2) is 0 Å². The van der Waals surface area contributed by atoms with E-state index in [1.165, 1.54) is 0 Å². The number of likely N-dealkylation sites (N-methyl/N-ethyl adjacent to an activating group) is 1. The number of hydrogen-bond donors (Lipinski definition) is 1. The third kappa shape index (κ3) is 2.53. The Morgan fingerprint density at radius 3 is 2.94 bits per heavy atom. The maximum Gasteiger partial charge on any atom is 0.310 e. The Morgan fingerprint density at radius 2 is 2.31 bits per heavy atom. The van der Waals surface area contributed by atoms with Gasteiger partial charge in [0.1, 0.15) is 0 Å². The van der Waals surface area contributed by atoms with Gasteiger partial charge in [0, 0.05) is 19.2 Å². The van der Waals surface area contributed by atoms with Gasteiger partial charge < -0.3 is 14.6 Å². The lowest BCUT2D eigenvalue weighted by molar-refractivity contribution is -0.143. The number of aliphatic carboxylic acids is 1. The van der Waals surface area contributed by atoms with E-state index in [-0.39, 0.29) is 12.1 Å². The maximum absolute atomic E-state index is 11.0. The van der Waals surface area contributed by atoms with Crippen molar-refractivity contribution < 1.29 is 19.4 Å². The minimum Gasteiger partial charge on any atom is -0.481 e. The third-order valence-electron chi connectivity index (χ3n) is 3.45. The Morgan fingerprint density at radius 1 is 1.50 bits per heavy atom. The third-order valence-corrected chi connectivity index (χ3v) is 3.45. The van der Waals surface area contributed by atoms with Crippen molar-refractivity contribution in [1.82, 2.24) is 4.90 Å². The molecule has 1 N–H and O–H groups in total. The fourth-order valence-electron chi connectivity index (χ4n) is 2.46. The highest BCUT2D eigenvalue weighted by atomic mass is 16.5. The van der Waals surface area contributed by atoms with E-state index in [1.54, 1.807) is 0 Å². The Hall–Kier alpha value is -0.650. The van der Waals surface area contributed by atoms with Crippen molar-refractivity contribution in [2.75, 3.05) is 33.4 Å². The number of rotatable bonds is 4. The van der Waals surface area contributed by atoms with Crippen LogP contribution < -0.4 is 0 Å². The molecule has 2 fully saturated rings. The molecular weight excluding hydrogens is 210 g/mol. The normalized spacial score (nSPS) is 34.8. The molecule has 0 aliphatic carbocycles. The molecule has 2 rings (SSSR count). The van der Waals surface area contributed by atoms with Crippen LogP contribution in [0.2, 0.25) is 0 Å². The zero-order valence-corrected chi connectivity index (χ0v) is 9.59. The Kier molecular flexibility index (Phi) is 3.78. The van der Waals surface area contributed by atoms with Crippen molar-refractivity contribution >= 4 is 5.97 Å². The summed E-state index contributed by atoms with van der Waals surface area (Å²) < 4.78 is 10.8. The van der Waals surface area contributed by atoms with E-state index >= 15 is 0 Å². The van der Waals surface area contributed by atoms with Gasteiger partial charge in [-0.2, -0.15) is 0 Å². The van der Waals surface area contributed by atoms with Crippen molar-refractivity contribution in [1.29, 1.82) is 0 Å². The van der Waals surface area contributed by atoms with Gasteiger partial charge in [-0.1, -0.05) is 0 Å². The molecule has 3 atom stereocenters. The second-order valence-electron chi connectivity index (χ2n) is 4.62. The van der Waals surface area contributed by atoms with E-state index in [1.807, 2.05) is 7.05 Å². The molecule has 92 valence electrons. The summed E-state index contributed by atoms with van der Waals surface area (Å²) in [7, 11) is 1.96. The van der Waals surface area contributed by atoms with E-state index in [9.17, 15) is 4.79 Å². The Bertz CT molecular complexity index is 252. The first-order chi connectivity index (χ1) is 7.68. The molecule has 0 saturated carbocycles. The number of nitrogens with zero attached hydrogens (tertiary/aromatic N) is 1. The lowest BCUT2D eigenvalue weighted by Gasteiger charge is -2.28. The van der Waals surface area contributed by atoms with Crippen LogP contribution in [0.3, 0.4) is 0 Å². The van der Waals surface area contributed by atoms with Gasteiger partial charge in [-0.3, -0.25) is 9.69 Å². The van der Waals surface area contributed by atoms with Crippen LogP contribution in [0.4, 0.5) is 0 Å². The highest BCUT2D eigenvalue weighted by molar-refractivity contribution is 5.71. The summed E-state index contributed by atoms with van der Waals surface area (Å²) in [5.74, 6) is -1.16. The molecule has 0 aromatic rings. The van der Waals surface area contributed by atoms with E-state index in [4.69, 9.17) is 14.6 Å². The minimum absolute atomic E-state index is 0.0123. The molecule has 2 saturated heterocycles. The number of ether oxygens (including phenoxy) is 2. The first-order valence-corrected chi connectivity index (χ1v) is 5.81. The van der Waals surface area contributed by atoms with Gasteiger partial charge in [-0.05, 0) is 19.9 Å². The van der Waals surface area contributed by atoms with Gasteiger partial charge in [0.2, 0.25) is 0 Å². The van der Waals surface area contributed by atoms with Crippen molar-refractivity contribution in [3.63, 3.8) is 0 Å². The van der Waals surface area contributed by atoms with Crippen molar-refractivity contribution in [3.8, 4) is 0 Å². The SMILES string of the molecule is CN(CC1CCCO1)C1COCC1C(=O)O. The zero-order valence-electron chi connectivity index (χ0n) is 9.59. The molecule has 5 heteroatoms. The van der Waals surface area contributed by atoms with Crippen LogP contribution >= 0.6 is 0 Å². The first-order valence-electron chi connectivity index (χ1n) is 5.81. The zero-order chi connectivity index (χ0) is 11.5. The monoisotopic (exact) mass is 229 g/mol. The average Bonchev–Trinajstić information content (AvgIpc) is 2.86. The molecule has 0 aromatic heterocycles. The predicted octanol–water partition coefficient (Wildman–Crippen LogP) is 0.197. The second-order valence-corrected chi connectivity index (χ2v) is 4.62. The first kappa shape index (κ1) is 11.8. The number of carboxylic acids is 1.